The number of carbonyl (C=O) groups is 1. The molecule has 2 atom stereocenters. The zero-order valence-corrected chi connectivity index (χ0v) is 22.3. The second-order valence-corrected chi connectivity index (χ2v) is 10.4. The first kappa shape index (κ1) is 28.2. The topological polar surface area (TPSA) is 97.2 Å². The number of rotatable bonds is 7. The highest BCUT2D eigenvalue weighted by Crippen LogP contribution is 2.43. The van der Waals surface area contributed by atoms with Crippen LogP contribution in [0.15, 0.2) is 55.0 Å². The number of imidazole rings is 1. The number of alkyl halides is 3. The van der Waals surface area contributed by atoms with Gasteiger partial charge in [-0.1, -0.05) is 24.6 Å². The lowest BCUT2D eigenvalue weighted by Gasteiger charge is -2.35. The van der Waals surface area contributed by atoms with E-state index in [1.54, 1.807) is 62.0 Å². The van der Waals surface area contributed by atoms with Crippen molar-refractivity contribution in [2.75, 3.05) is 13.6 Å². The van der Waals surface area contributed by atoms with E-state index in [-0.39, 0.29) is 23.6 Å². The Morgan fingerprint density at radius 3 is 2.62 bits per heavy atom. The molecule has 0 saturated carbocycles. The van der Waals surface area contributed by atoms with E-state index < -0.39 is 23.6 Å². The SMILES string of the molecule is CN1CCCC[C@@](CCC(F)(F)F)(c2cccc(Oc3cc([C@@](C)(N)c4cncn4C)ccc3C#N)c2)C1=O. The molecule has 0 bridgehead atoms. The van der Waals surface area contributed by atoms with Gasteiger partial charge in [-0.3, -0.25) is 4.79 Å². The highest BCUT2D eigenvalue weighted by atomic mass is 19.4. The summed E-state index contributed by atoms with van der Waals surface area (Å²) < 4.78 is 48.0. The molecule has 0 unspecified atom stereocenters. The molecule has 1 aliphatic rings. The fourth-order valence-corrected chi connectivity index (χ4v) is 5.36. The molecule has 1 amide bonds. The largest absolute Gasteiger partial charge is 0.456 e. The quantitative estimate of drug-likeness (QED) is 0.426. The van der Waals surface area contributed by atoms with Crippen molar-refractivity contribution in [2.24, 2.45) is 12.8 Å². The molecule has 1 aliphatic heterocycles. The first-order valence-corrected chi connectivity index (χ1v) is 12.8. The van der Waals surface area contributed by atoms with Gasteiger partial charge in [-0.05, 0) is 61.6 Å². The number of carbonyl (C=O) groups excluding carboxylic acids is 1. The summed E-state index contributed by atoms with van der Waals surface area (Å²) in [6.45, 7) is 2.32. The molecule has 0 radical (unpaired) electrons. The number of hydrogen-bond acceptors (Lipinski definition) is 5. The van der Waals surface area contributed by atoms with Gasteiger partial charge >= 0.3 is 6.18 Å². The summed E-state index contributed by atoms with van der Waals surface area (Å²) in [7, 11) is 3.47. The third-order valence-electron chi connectivity index (χ3n) is 7.60. The van der Waals surface area contributed by atoms with Gasteiger partial charge in [0.1, 0.15) is 17.6 Å². The van der Waals surface area contributed by atoms with Crippen LogP contribution >= 0.6 is 0 Å². The standard InChI is InChI=1S/C29H32F3N5O2/c1-27(34,25-18-35-19-37(25)3)21-10-9-20(17-33)24(16-21)39-23-8-6-7-22(15-23)28(12-13-29(30,31)32)11-4-5-14-36(2)26(28)38/h6-10,15-16,18-19H,4-5,11-14,34H2,1-3H3/t27-,28-/m1/s1. The molecule has 206 valence electrons. The molecule has 1 saturated heterocycles. The highest BCUT2D eigenvalue weighted by molar-refractivity contribution is 5.88. The number of nitrogens with zero attached hydrogens (tertiary/aromatic N) is 4. The van der Waals surface area contributed by atoms with Crippen molar-refractivity contribution >= 4 is 5.91 Å². The maximum Gasteiger partial charge on any atom is 0.389 e. The van der Waals surface area contributed by atoms with Crippen LogP contribution in [0.2, 0.25) is 0 Å². The number of aromatic nitrogens is 2. The molecule has 1 aromatic heterocycles. The summed E-state index contributed by atoms with van der Waals surface area (Å²) >= 11 is 0. The molecular weight excluding hydrogens is 507 g/mol. The van der Waals surface area contributed by atoms with E-state index in [2.05, 4.69) is 11.1 Å². The predicted octanol–water partition coefficient (Wildman–Crippen LogP) is 5.53. The number of ether oxygens (including phenoxy) is 1. The predicted molar refractivity (Wildman–Crippen MR) is 140 cm³/mol. The summed E-state index contributed by atoms with van der Waals surface area (Å²) in [5, 5.41) is 9.73. The Balaban J connectivity index is 1.73. The van der Waals surface area contributed by atoms with Crippen LogP contribution in [0.3, 0.4) is 0 Å². The monoisotopic (exact) mass is 539 g/mol. The summed E-state index contributed by atoms with van der Waals surface area (Å²) in [6, 6.07) is 13.8. The minimum atomic E-state index is -4.39. The molecular formula is C29H32F3N5O2. The Morgan fingerprint density at radius 2 is 1.95 bits per heavy atom. The molecule has 2 heterocycles. The van der Waals surface area contributed by atoms with Crippen LogP contribution in [-0.2, 0) is 22.8 Å². The lowest BCUT2D eigenvalue weighted by molar-refractivity contribution is -0.146. The normalized spacial score (nSPS) is 19.7. The molecule has 2 N–H and O–H groups in total. The van der Waals surface area contributed by atoms with Gasteiger partial charge in [0.25, 0.3) is 0 Å². The van der Waals surface area contributed by atoms with Gasteiger partial charge in [-0.25, -0.2) is 4.98 Å². The number of amides is 1. The maximum absolute atomic E-state index is 13.5. The number of aryl methyl sites for hydroxylation is 1. The zero-order chi connectivity index (χ0) is 28.4. The van der Waals surface area contributed by atoms with Gasteiger partial charge < -0.3 is 19.9 Å². The van der Waals surface area contributed by atoms with Crippen LogP contribution in [0, 0.1) is 11.3 Å². The Bertz CT molecular complexity index is 1390. The lowest BCUT2D eigenvalue weighted by Crippen LogP contribution is -2.44. The van der Waals surface area contributed by atoms with Gasteiger partial charge in [-0.2, -0.15) is 18.4 Å². The maximum atomic E-state index is 13.5. The Labute approximate surface area is 226 Å². The van der Waals surface area contributed by atoms with E-state index in [1.165, 1.54) is 4.90 Å². The van der Waals surface area contributed by atoms with Crippen LogP contribution in [0.5, 0.6) is 11.5 Å². The van der Waals surface area contributed by atoms with E-state index in [1.807, 2.05) is 18.5 Å². The van der Waals surface area contributed by atoms with Crippen molar-refractivity contribution in [3.05, 3.63) is 77.4 Å². The van der Waals surface area contributed by atoms with Crippen molar-refractivity contribution in [2.45, 2.75) is 56.2 Å². The van der Waals surface area contributed by atoms with Crippen molar-refractivity contribution in [1.82, 2.24) is 14.5 Å². The van der Waals surface area contributed by atoms with Crippen LogP contribution in [-0.4, -0.2) is 40.1 Å². The van der Waals surface area contributed by atoms with E-state index in [9.17, 15) is 23.2 Å². The molecule has 0 spiro atoms. The van der Waals surface area contributed by atoms with Crippen LogP contribution in [0.25, 0.3) is 0 Å². The van der Waals surface area contributed by atoms with Crippen LogP contribution < -0.4 is 10.5 Å². The number of hydrogen-bond donors (Lipinski definition) is 1. The van der Waals surface area contributed by atoms with E-state index in [4.69, 9.17) is 10.5 Å². The summed E-state index contributed by atoms with van der Waals surface area (Å²) in [5.41, 5.74) is 6.57. The minimum Gasteiger partial charge on any atom is -0.456 e. The Hall–Kier alpha value is -3.84. The van der Waals surface area contributed by atoms with Crippen molar-refractivity contribution in [3.8, 4) is 17.6 Å². The van der Waals surface area contributed by atoms with E-state index >= 15 is 0 Å². The molecule has 7 nitrogen and oxygen atoms in total. The van der Waals surface area contributed by atoms with Crippen LogP contribution in [0.1, 0.15) is 61.4 Å². The van der Waals surface area contributed by atoms with Gasteiger partial charge in [0.2, 0.25) is 5.91 Å². The molecule has 2 aromatic carbocycles. The highest BCUT2D eigenvalue weighted by Gasteiger charge is 2.45. The number of likely N-dealkylation sites (tertiary alicyclic amines) is 1. The lowest BCUT2D eigenvalue weighted by atomic mass is 9.72. The third kappa shape index (κ3) is 5.78. The number of halogens is 3. The van der Waals surface area contributed by atoms with Crippen molar-refractivity contribution in [3.63, 3.8) is 0 Å². The van der Waals surface area contributed by atoms with Gasteiger partial charge in [0, 0.05) is 27.1 Å². The summed E-state index contributed by atoms with van der Waals surface area (Å²) in [4.78, 5) is 19.2. The van der Waals surface area contributed by atoms with Gasteiger partial charge in [0.05, 0.1) is 34.7 Å². The second kappa shape index (κ2) is 10.7. The Kier molecular flexibility index (Phi) is 7.75. The van der Waals surface area contributed by atoms with Crippen LogP contribution in [0.4, 0.5) is 13.2 Å². The zero-order valence-electron chi connectivity index (χ0n) is 22.3. The second-order valence-electron chi connectivity index (χ2n) is 10.4. The average molecular weight is 540 g/mol. The fraction of sp³-hybridized carbons (Fsp3) is 0.414. The number of benzene rings is 2. The fourth-order valence-electron chi connectivity index (χ4n) is 5.36. The summed E-state index contributed by atoms with van der Waals surface area (Å²) in [6.07, 6.45) is -0.833. The molecule has 1 fully saturated rings. The smallest absolute Gasteiger partial charge is 0.389 e. The first-order valence-electron chi connectivity index (χ1n) is 12.8. The van der Waals surface area contributed by atoms with E-state index in [0.29, 0.717) is 36.3 Å². The Morgan fingerprint density at radius 1 is 1.18 bits per heavy atom. The number of nitrogens with two attached hydrogens (primary N) is 1. The number of nitriles is 1. The molecule has 4 rings (SSSR count). The third-order valence-corrected chi connectivity index (χ3v) is 7.60. The molecule has 3 aromatic rings. The van der Waals surface area contributed by atoms with Crippen molar-refractivity contribution in [1.29, 1.82) is 5.26 Å². The average Bonchev–Trinajstić information content (AvgIpc) is 3.28. The van der Waals surface area contributed by atoms with Crippen molar-refractivity contribution < 1.29 is 22.7 Å². The summed E-state index contributed by atoms with van der Waals surface area (Å²) in [5.74, 6) is 0.238. The molecule has 0 aliphatic carbocycles. The minimum absolute atomic E-state index is 0.250. The molecule has 39 heavy (non-hydrogen) atoms. The van der Waals surface area contributed by atoms with E-state index in [0.717, 1.165) is 12.1 Å². The number of likely N-dealkylation sites (N-methyl/N-ethyl adjacent to an activating group) is 1. The molecule has 10 heteroatoms. The first-order chi connectivity index (χ1) is 18.4. The van der Waals surface area contributed by atoms with Gasteiger partial charge in [0.15, 0.2) is 0 Å². The van der Waals surface area contributed by atoms with Gasteiger partial charge in [-0.15, -0.1) is 0 Å².